The van der Waals surface area contributed by atoms with Gasteiger partial charge in [0.2, 0.25) is 0 Å². The Kier molecular flexibility index (Phi) is 6.28. The number of rotatable bonds is 7. The SMILES string of the molecule is CCOC(=O)c1ccc(OC[C@H](O)Cn2cnc3ccc(Cl)cc3c2=O)cc1. The van der Waals surface area contributed by atoms with Crippen LogP contribution in [0.2, 0.25) is 5.02 Å². The van der Waals surface area contributed by atoms with Gasteiger partial charge in [-0.2, -0.15) is 0 Å². The molecule has 1 aromatic heterocycles. The third-order valence-electron chi connectivity index (χ3n) is 4.00. The molecule has 0 fully saturated rings. The number of benzene rings is 2. The van der Waals surface area contributed by atoms with E-state index in [-0.39, 0.29) is 18.7 Å². The third kappa shape index (κ3) is 4.68. The first kappa shape index (κ1) is 19.9. The highest BCUT2D eigenvalue weighted by Gasteiger charge is 2.11. The molecule has 0 saturated carbocycles. The van der Waals surface area contributed by atoms with Crippen molar-refractivity contribution in [2.45, 2.75) is 19.6 Å². The molecule has 0 radical (unpaired) electrons. The van der Waals surface area contributed by atoms with E-state index in [0.717, 1.165) is 0 Å². The molecule has 146 valence electrons. The van der Waals surface area contributed by atoms with Gasteiger partial charge in [-0.1, -0.05) is 11.6 Å². The molecule has 0 aliphatic heterocycles. The first-order chi connectivity index (χ1) is 13.5. The number of carbonyl (C=O) groups is 1. The second-order valence-electron chi connectivity index (χ2n) is 6.07. The largest absolute Gasteiger partial charge is 0.491 e. The van der Waals surface area contributed by atoms with E-state index in [9.17, 15) is 14.7 Å². The summed E-state index contributed by atoms with van der Waals surface area (Å²) >= 11 is 5.94. The summed E-state index contributed by atoms with van der Waals surface area (Å²) in [6.07, 6.45) is 0.455. The summed E-state index contributed by atoms with van der Waals surface area (Å²) < 4.78 is 11.8. The van der Waals surface area contributed by atoms with Crippen LogP contribution in [-0.4, -0.2) is 39.9 Å². The topological polar surface area (TPSA) is 90.7 Å². The summed E-state index contributed by atoms with van der Waals surface area (Å²) in [5.41, 5.74) is 0.672. The van der Waals surface area contributed by atoms with Gasteiger partial charge in [0, 0.05) is 5.02 Å². The molecule has 0 bridgehead atoms. The second-order valence-corrected chi connectivity index (χ2v) is 6.51. The summed E-state index contributed by atoms with van der Waals surface area (Å²) in [5.74, 6) is 0.0835. The maximum atomic E-state index is 12.5. The molecule has 3 rings (SSSR count). The molecule has 0 amide bonds. The monoisotopic (exact) mass is 402 g/mol. The molecule has 2 aromatic carbocycles. The quantitative estimate of drug-likeness (QED) is 0.611. The van der Waals surface area contributed by atoms with Gasteiger partial charge in [-0.3, -0.25) is 9.36 Å². The summed E-state index contributed by atoms with van der Waals surface area (Å²) in [6, 6.07) is 11.3. The van der Waals surface area contributed by atoms with Crippen LogP contribution in [0, 0.1) is 0 Å². The molecule has 1 heterocycles. The zero-order valence-corrected chi connectivity index (χ0v) is 15.9. The van der Waals surface area contributed by atoms with Gasteiger partial charge in [0.1, 0.15) is 18.5 Å². The van der Waals surface area contributed by atoms with Crippen LogP contribution < -0.4 is 10.3 Å². The number of esters is 1. The Morgan fingerprint density at radius 3 is 2.71 bits per heavy atom. The maximum Gasteiger partial charge on any atom is 0.338 e. The standard InChI is InChI=1S/C20H19ClN2O5/c1-2-27-20(26)13-3-6-16(7-4-13)28-11-15(24)10-23-12-22-18-8-5-14(21)9-17(18)19(23)25/h3-9,12,15,24H,2,10-11H2,1H3/t15-/m1/s1. The van der Waals surface area contributed by atoms with Gasteiger partial charge in [-0.15, -0.1) is 0 Å². The Labute approximate surface area is 166 Å². The number of halogens is 1. The van der Waals surface area contributed by atoms with Crippen molar-refractivity contribution in [3.05, 3.63) is 69.7 Å². The van der Waals surface area contributed by atoms with Crippen LogP contribution in [0.1, 0.15) is 17.3 Å². The van der Waals surface area contributed by atoms with E-state index in [0.29, 0.717) is 33.8 Å². The fourth-order valence-electron chi connectivity index (χ4n) is 2.64. The van der Waals surface area contributed by atoms with E-state index >= 15 is 0 Å². The van der Waals surface area contributed by atoms with Crippen molar-refractivity contribution in [3.63, 3.8) is 0 Å². The Morgan fingerprint density at radius 1 is 1.25 bits per heavy atom. The third-order valence-corrected chi connectivity index (χ3v) is 4.24. The molecule has 1 N–H and O–H groups in total. The first-order valence-electron chi connectivity index (χ1n) is 8.70. The van der Waals surface area contributed by atoms with Crippen LogP contribution in [0.5, 0.6) is 5.75 Å². The van der Waals surface area contributed by atoms with Crippen LogP contribution in [0.25, 0.3) is 10.9 Å². The summed E-state index contributed by atoms with van der Waals surface area (Å²) in [4.78, 5) is 28.3. The number of fused-ring (bicyclic) bond motifs is 1. The van der Waals surface area contributed by atoms with Crippen molar-refractivity contribution < 1.29 is 19.4 Å². The predicted octanol–water partition coefficient (Wildman–Crippen LogP) is 2.67. The van der Waals surface area contributed by atoms with Crippen molar-refractivity contribution in [2.75, 3.05) is 13.2 Å². The van der Waals surface area contributed by atoms with Gasteiger partial charge in [-0.05, 0) is 49.4 Å². The molecule has 1 atom stereocenters. The smallest absolute Gasteiger partial charge is 0.338 e. The molecule has 0 aliphatic rings. The van der Waals surface area contributed by atoms with Crippen LogP contribution in [0.15, 0.2) is 53.6 Å². The minimum atomic E-state index is -0.930. The van der Waals surface area contributed by atoms with Crippen molar-refractivity contribution in [1.82, 2.24) is 9.55 Å². The first-order valence-corrected chi connectivity index (χ1v) is 9.08. The van der Waals surface area contributed by atoms with E-state index < -0.39 is 12.1 Å². The average molecular weight is 403 g/mol. The number of hydrogen-bond acceptors (Lipinski definition) is 6. The lowest BCUT2D eigenvalue weighted by molar-refractivity contribution is 0.0526. The van der Waals surface area contributed by atoms with Crippen molar-refractivity contribution in [2.24, 2.45) is 0 Å². The number of nitrogens with zero attached hydrogens (tertiary/aromatic N) is 2. The second kappa shape index (κ2) is 8.86. The summed E-state index contributed by atoms with van der Waals surface area (Å²) in [5, 5.41) is 11.0. The molecule has 0 aliphatic carbocycles. The molecule has 28 heavy (non-hydrogen) atoms. The Morgan fingerprint density at radius 2 is 2.00 bits per heavy atom. The van der Waals surface area contributed by atoms with Gasteiger partial charge >= 0.3 is 5.97 Å². The molecular weight excluding hydrogens is 384 g/mol. The molecule has 7 nitrogen and oxygen atoms in total. The van der Waals surface area contributed by atoms with E-state index in [2.05, 4.69) is 4.98 Å². The van der Waals surface area contributed by atoms with Gasteiger partial charge in [0.25, 0.3) is 5.56 Å². The van der Waals surface area contributed by atoms with Crippen molar-refractivity contribution in [1.29, 1.82) is 0 Å². The Balaban J connectivity index is 1.62. The highest BCUT2D eigenvalue weighted by Crippen LogP contribution is 2.15. The lowest BCUT2D eigenvalue weighted by Crippen LogP contribution is -2.30. The lowest BCUT2D eigenvalue weighted by Gasteiger charge is -2.14. The van der Waals surface area contributed by atoms with E-state index in [1.165, 1.54) is 10.9 Å². The van der Waals surface area contributed by atoms with Crippen LogP contribution in [0.4, 0.5) is 0 Å². The number of carbonyl (C=O) groups excluding carboxylic acids is 1. The number of ether oxygens (including phenoxy) is 2. The highest BCUT2D eigenvalue weighted by atomic mass is 35.5. The highest BCUT2D eigenvalue weighted by molar-refractivity contribution is 6.31. The fraction of sp³-hybridized carbons (Fsp3) is 0.250. The number of aliphatic hydroxyl groups excluding tert-OH is 1. The maximum absolute atomic E-state index is 12.5. The Hall–Kier alpha value is -2.90. The van der Waals surface area contributed by atoms with Crippen LogP contribution in [-0.2, 0) is 11.3 Å². The van der Waals surface area contributed by atoms with Crippen LogP contribution >= 0.6 is 11.6 Å². The van der Waals surface area contributed by atoms with E-state index in [1.54, 1.807) is 49.4 Å². The summed E-state index contributed by atoms with van der Waals surface area (Å²) in [6.45, 7) is 2.04. The molecule has 8 heteroatoms. The van der Waals surface area contributed by atoms with Gasteiger partial charge < -0.3 is 14.6 Å². The lowest BCUT2D eigenvalue weighted by atomic mass is 10.2. The molecule has 0 saturated heterocycles. The minimum absolute atomic E-state index is 0.0230. The predicted molar refractivity (Wildman–Crippen MR) is 105 cm³/mol. The van der Waals surface area contributed by atoms with Gasteiger partial charge in [0.05, 0.1) is 35.9 Å². The van der Waals surface area contributed by atoms with Crippen molar-refractivity contribution >= 4 is 28.5 Å². The number of aliphatic hydroxyl groups is 1. The van der Waals surface area contributed by atoms with Gasteiger partial charge in [-0.25, -0.2) is 9.78 Å². The number of aromatic nitrogens is 2. The van der Waals surface area contributed by atoms with Gasteiger partial charge in [0.15, 0.2) is 0 Å². The number of hydrogen-bond donors (Lipinski definition) is 1. The van der Waals surface area contributed by atoms with E-state index in [1.807, 2.05) is 0 Å². The normalized spacial score (nSPS) is 12.0. The van der Waals surface area contributed by atoms with Crippen molar-refractivity contribution in [3.8, 4) is 5.75 Å². The molecule has 0 unspecified atom stereocenters. The minimum Gasteiger partial charge on any atom is -0.491 e. The zero-order valence-electron chi connectivity index (χ0n) is 15.2. The zero-order chi connectivity index (χ0) is 20.1. The molecular formula is C20H19ClN2O5. The van der Waals surface area contributed by atoms with Crippen LogP contribution in [0.3, 0.4) is 0 Å². The fourth-order valence-corrected chi connectivity index (χ4v) is 2.81. The molecule has 3 aromatic rings. The Bertz CT molecular complexity index is 1030. The molecule has 0 spiro atoms. The van der Waals surface area contributed by atoms with E-state index in [4.69, 9.17) is 21.1 Å². The average Bonchev–Trinajstić information content (AvgIpc) is 2.69. The summed E-state index contributed by atoms with van der Waals surface area (Å²) in [7, 11) is 0.